The molecule has 8 nitrogen and oxygen atoms in total. The van der Waals surface area contributed by atoms with Crippen LogP contribution in [-0.4, -0.2) is 42.6 Å². The maximum atomic E-state index is 12.0. The Kier molecular flexibility index (Phi) is 6.41. The van der Waals surface area contributed by atoms with Crippen LogP contribution in [0, 0.1) is 0 Å². The molecule has 1 aromatic heterocycles. The van der Waals surface area contributed by atoms with Gasteiger partial charge in [-0.2, -0.15) is 0 Å². The van der Waals surface area contributed by atoms with Crippen molar-refractivity contribution in [3.05, 3.63) is 52.9 Å². The van der Waals surface area contributed by atoms with Crippen molar-refractivity contribution in [3.63, 3.8) is 0 Å². The fourth-order valence-electron chi connectivity index (χ4n) is 2.17. The first-order valence-corrected chi connectivity index (χ1v) is 7.63. The van der Waals surface area contributed by atoms with Crippen LogP contribution < -0.4 is 25.7 Å². The van der Waals surface area contributed by atoms with E-state index in [9.17, 15) is 14.7 Å². The second-order valence-electron chi connectivity index (χ2n) is 5.28. The lowest BCUT2D eigenvalue weighted by atomic mass is 10.3. The largest absolute Gasteiger partial charge is 0.497 e. The Bertz CT molecular complexity index is 753. The number of carbonyl (C=O) groups is 1. The van der Waals surface area contributed by atoms with Crippen LogP contribution in [0.25, 0.3) is 0 Å². The molecule has 0 bridgehead atoms. The van der Waals surface area contributed by atoms with Gasteiger partial charge >= 0.3 is 6.03 Å². The molecule has 2 amide bonds. The minimum atomic E-state index is -0.898. The van der Waals surface area contributed by atoms with E-state index in [0.29, 0.717) is 17.2 Å². The third-order valence-corrected chi connectivity index (χ3v) is 3.41. The smallest absolute Gasteiger partial charge is 0.319 e. The van der Waals surface area contributed by atoms with Crippen LogP contribution in [0.3, 0.4) is 0 Å². The van der Waals surface area contributed by atoms with E-state index < -0.39 is 12.1 Å². The van der Waals surface area contributed by atoms with Gasteiger partial charge in [0.2, 0.25) is 0 Å². The molecule has 1 heterocycles. The predicted octanol–water partition coefficient (Wildman–Crippen LogP) is 1.05. The zero-order valence-electron chi connectivity index (χ0n) is 14.1. The summed E-state index contributed by atoms with van der Waals surface area (Å²) in [7, 11) is 3.03. The summed E-state index contributed by atoms with van der Waals surface area (Å²) >= 11 is 0. The SMILES string of the molecule is COc1cc(NC(=O)NCC(O)Cn2ccccc2=O)cc(OC)c1. The van der Waals surface area contributed by atoms with Gasteiger partial charge in [-0.3, -0.25) is 4.79 Å². The number of ether oxygens (including phenoxy) is 2. The first-order valence-electron chi connectivity index (χ1n) is 7.63. The molecule has 0 saturated carbocycles. The lowest BCUT2D eigenvalue weighted by Gasteiger charge is -2.14. The second kappa shape index (κ2) is 8.74. The summed E-state index contributed by atoms with van der Waals surface area (Å²) in [5, 5.41) is 15.1. The zero-order valence-corrected chi connectivity index (χ0v) is 14.1. The number of aliphatic hydroxyl groups is 1. The highest BCUT2D eigenvalue weighted by atomic mass is 16.5. The first kappa shape index (κ1) is 18.3. The van der Waals surface area contributed by atoms with E-state index in [1.165, 1.54) is 24.9 Å². The molecule has 1 aromatic carbocycles. The number of nitrogens with one attached hydrogen (secondary N) is 2. The molecule has 0 aliphatic heterocycles. The number of anilines is 1. The van der Waals surface area contributed by atoms with E-state index in [1.807, 2.05) is 0 Å². The summed E-state index contributed by atoms with van der Waals surface area (Å²) < 4.78 is 11.6. The summed E-state index contributed by atoms with van der Waals surface area (Å²) in [5.41, 5.74) is 0.275. The first-order chi connectivity index (χ1) is 12.0. The number of pyridine rings is 1. The number of benzene rings is 1. The van der Waals surface area contributed by atoms with Crippen LogP contribution in [0.15, 0.2) is 47.4 Å². The molecule has 2 rings (SSSR count). The minimum Gasteiger partial charge on any atom is -0.497 e. The summed E-state index contributed by atoms with van der Waals surface area (Å²) in [6.07, 6.45) is 0.680. The number of aromatic nitrogens is 1. The minimum absolute atomic E-state index is 0.00568. The molecule has 0 saturated heterocycles. The van der Waals surface area contributed by atoms with Crippen LogP contribution in [0.2, 0.25) is 0 Å². The molecule has 8 heteroatoms. The Morgan fingerprint density at radius 1 is 1.20 bits per heavy atom. The second-order valence-corrected chi connectivity index (χ2v) is 5.28. The number of hydrogen-bond donors (Lipinski definition) is 3. The standard InChI is InChI=1S/C17H21N3O5/c1-24-14-7-12(8-15(9-14)25-2)19-17(23)18-10-13(21)11-20-6-4-3-5-16(20)22/h3-9,13,21H,10-11H2,1-2H3,(H2,18,19,23). The average molecular weight is 347 g/mol. The fourth-order valence-corrected chi connectivity index (χ4v) is 2.17. The summed E-state index contributed by atoms with van der Waals surface area (Å²) in [4.78, 5) is 23.5. The molecule has 0 radical (unpaired) electrons. The van der Waals surface area contributed by atoms with E-state index in [4.69, 9.17) is 9.47 Å². The zero-order chi connectivity index (χ0) is 18.2. The van der Waals surface area contributed by atoms with E-state index in [-0.39, 0.29) is 18.6 Å². The van der Waals surface area contributed by atoms with Gasteiger partial charge in [0.1, 0.15) is 11.5 Å². The number of nitrogens with zero attached hydrogens (tertiary/aromatic N) is 1. The van der Waals surface area contributed by atoms with Gasteiger partial charge in [0.25, 0.3) is 5.56 Å². The van der Waals surface area contributed by atoms with Gasteiger partial charge in [-0.25, -0.2) is 4.79 Å². The molecule has 0 aliphatic rings. The Balaban J connectivity index is 1.88. The molecular weight excluding hydrogens is 326 g/mol. The van der Waals surface area contributed by atoms with E-state index in [1.54, 1.807) is 36.5 Å². The van der Waals surface area contributed by atoms with Gasteiger partial charge in [-0.1, -0.05) is 6.07 Å². The Morgan fingerprint density at radius 2 is 1.88 bits per heavy atom. The quantitative estimate of drug-likeness (QED) is 0.695. The maximum Gasteiger partial charge on any atom is 0.319 e. The van der Waals surface area contributed by atoms with Crippen LogP contribution >= 0.6 is 0 Å². The Morgan fingerprint density at radius 3 is 2.48 bits per heavy atom. The number of amides is 2. The normalized spacial score (nSPS) is 11.5. The molecule has 25 heavy (non-hydrogen) atoms. The molecule has 1 atom stereocenters. The van der Waals surface area contributed by atoms with Crippen LogP contribution in [-0.2, 0) is 6.54 Å². The third-order valence-electron chi connectivity index (χ3n) is 3.41. The summed E-state index contributed by atoms with van der Waals surface area (Å²) in [6, 6.07) is 9.20. The van der Waals surface area contributed by atoms with Crippen molar-refractivity contribution in [2.75, 3.05) is 26.1 Å². The fraction of sp³-hybridized carbons (Fsp3) is 0.294. The van der Waals surface area contributed by atoms with Gasteiger partial charge < -0.3 is 29.8 Å². The summed E-state index contributed by atoms with van der Waals surface area (Å²) in [5.74, 6) is 1.08. The van der Waals surface area contributed by atoms with Gasteiger partial charge in [0.05, 0.1) is 26.9 Å². The number of carbonyl (C=O) groups excluding carboxylic acids is 1. The van der Waals surface area contributed by atoms with Crippen molar-refractivity contribution >= 4 is 11.7 Å². The van der Waals surface area contributed by atoms with Gasteiger partial charge in [0, 0.05) is 42.7 Å². The monoisotopic (exact) mass is 347 g/mol. The topological polar surface area (TPSA) is 102 Å². The number of hydrogen-bond acceptors (Lipinski definition) is 5. The highest BCUT2D eigenvalue weighted by Crippen LogP contribution is 2.25. The molecule has 0 fully saturated rings. The van der Waals surface area contributed by atoms with E-state index >= 15 is 0 Å². The van der Waals surface area contributed by atoms with Crippen molar-refractivity contribution < 1.29 is 19.4 Å². The van der Waals surface area contributed by atoms with E-state index in [0.717, 1.165) is 0 Å². The van der Waals surface area contributed by atoms with Gasteiger partial charge in [-0.05, 0) is 6.07 Å². The van der Waals surface area contributed by atoms with Crippen molar-refractivity contribution in [3.8, 4) is 11.5 Å². The van der Waals surface area contributed by atoms with Crippen molar-refractivity contribution in [1.82, 2.24) is 9.88 Å². The molecule has 134 valence electrons. The molecular formula is C17H21N3O5. The lowest BCUT2D eigenvalue weighted by molar-refractivity contribution is 0.151. The van der Waals surface area contributed by atoms with Crippen LogP contribution in [0.5, 0.6) is 11.5 Å². The number of urea groups is 1. The highest BCUT2D eigenvalue weighted by molar-refractivity contribution is 5.89. The molecule has 3 N–H and O–H groups in total. The Labute approximate surface area is 145 Å². The number of rotatable bonds is 7. The predicted molar refractivity (Wildman–Crippen MR) is 93.3 cm³/mol. The average Bonchev–Trinajstić information content (AvgIpc) is 2.61. The van der Waals surface area contributed by atoms with Crippen molar-refractivity contribution in [1.29, 1.82) is 0 Å². The number of methoxy groups -OCH3 is 2. The summed E-state index contributed by atoms with van der Waals surface area (Å²) in [6.45, 7) is 0.0845. The molecule has 1 unspecified atom stereocenters. The van der Waals surface area contributed by atoms with E-state index in [2.05, 4.69) is 10.6 Å². The Hall–Kier alpha value is -3.00. The van der Waals surface area contributed by atoms with Crippen molar-refractivity contribution in [2.24, 2.45) is 0 Å². The van der Waals surface area contributed by atoms with Gasteiger partial charge in [0.15, 0.2) is 0 Å². The lowest BCUT2D eigenvalue weighted by Crippen LogP contribution is -2.38. The van der Waals surface area contributed by atoms with Crippen LogP contribution in [0.1, 0.15) is 0 Å². The maximum absolute atomic E-state index is 12.0. The molecule has 2 aromatic rings. The van der Waals surface area contributed by atoms with Gasteiger partial charge in [-0.15, -0.1) is 0 Å². The highest BCUT2D eigenvalue weighted by Gasteiger charge is 2.10. The third kappa shape index (κ3) is 5.54. The molecule has 0 aliphatic carbocycles. The molecule has 0 spiro atoms. The van der Waals surface area contributed by atoms with Crippen LogP contribution in [0.4, 0.5) is 10.5 Å². The van der Waals surface area contributed by atoms with Crippen molar-refractivity contribution in [2.45, 2.75) is 12.6 Å². The number of aliphatic hydroxyl groups excluding tert-OH is 1.